The maximum absolute atomic E-state index is 11.0. The summed E-state index contributed by atoms with van der Waals surface area (Å²) in [6.07, 6.45) is 3.25. The maximum atomic E-state index is 11.0. The van der Waals surface area contributed by atoms with Crippen molar-refractivity contribution in [2.45, 2.75) is 26.2 Å². The summed E-state index contributed by atoms with van der Waals surface area (Å²) in [6.45, 7) is 3.40. The van der Waals surface area contributed by atoms with Crippen LogP contribution in [0.1, 0.15) is 26.2 Å². The third-order valence-corrected chi connectivity index (χ3v) is 5.40. The number of aromatic amines is 1. The molecule has 4 rings (SSSR count). The predicted octanol–water partition coefficient (Wildman–Crippen LogP) is 4.84. The first-order valence-corrected chi connectivity index (χ1v) is 11.0. The lowest BCUT2D eigenvalue weighted by atomic mass is 10.1. The third-order valence-electron chi connectivity index (χ3n) is 5.40. The minimum Gasteiger partial charge on any atom is -0.494 e. The molecule has 8 heteroatoms. The zero-order valence-corrected chi connectivity index (χ0v) is 18.5. The Hall–Kier alpha value is -3.91. The number of hydroxylamine groups is 1. The highest BCUT2D eigenvalue weighted by Gasteiger charge is 2.15. The second-order valence-corrected chi connectivity index (χ2v) is 7.59. The second-order valence-electron chi connectivity index (χ2n) is 7.59. The number of aromatic nitrogens is 3. The van der Waals surface area contributed by atoms with Gasteiger partial charge in [0, 0.05) is 24.3 Å². The van der Waals surface area contributed by atoms with Gasteiger partial charge in [-0.25, -0.2) is 15.4 Å². The molecule has 0 aliphatic heterocycles. The number of H-pyrrole nitrogens is 1. The molecule has 0 aliphatic rings. The first-order chi connectivity index (χ1) is 16.2. The fourth-order valence-electron chi connectivity index (χ4n) is 3.72. The number of amides is 1. The van der Waals surface area contributed by atoms with Gasteiger partial charge >= 0.3 is 0 Å². The van der Waals surface area contributed by atoms with Crippen molar-refractivity contribution >= 4 is 28.4 Å². The number of rotatable bonds is 10. The van der Waals surface area contributed by atoms with E-state index in [4.69, 9.17) is 9.94 Å². The first-order valence-electron chi connectivity index (χ1n) is 11.0. The van der Waals surface area contributed by atoms with Crippen LogP contribution < -0.4 is 15.1 Å². The van der Waals surface area contributed by atoms with E-state index in [0.717, 1.165) is 52.5 Å². The molecular weight excluding hydrogens is 418 g/mol. The average molecular weight is 446 g/mol. The number of nitrogens with one attached hydrogen (secondary N) is 2. The number of benzene rings is 2. The Balaban J connectivity index is 1.48. The Bertz CT molecular complexity index is 1190. The largest absolute Gasteiger partial charge is 0.494 e. The average Bonchev–Trinajstić information content (AvgIpc) is 3.30. The molecule has 0 saturated carbocycles. The molecule has 2 aromatic carbocycles. The smallest absolute Gasteiger partial charge is 0.243 e. The predicted molar refractivity (Wildman–Crippen MR) is 128 cm³/mol. The summed E-state index contributed by atoms with van der Waals surface area (Å²) in [6, 6.07) is 20.1. The number of anilines is 2. The van der Waals surface area contributed by atoms with Crippen LogP contribution in [-0.2, 0) is 4.79 Å². The van der Waals surface area contributed by atoms with Crippen LogP contribution >= 0.6 is 0 Å². The quantitative estimate of drug-likeness (QED) is 0.183. The standard InChI is InChI=1S/C25H27N5O3/c1-2-30(19-8-4-3-5-9-19)25-21-16-22(28-24(21)26-17-27-25)18-11-13-20(14-12-18)33-15-7-6-10-23(31)29-32/h3-5,8-9,11-14,16-17,32H,2,6-7,10,15H2,1H3,(H,29,31)(H,26,27,28). The third kappa shape index (κ3) is 5.30. The molecule has 0 atom stereocenters. The fourth-order valence-corrected chi connectivity index (χ4v) is 3.72. The molecule has 3 N–H and O–H groups in total. The molecule has 2 heterocycles. The van der Waals surface area contributed by atoms with Gasteiger partial charge in [0.25, 0.3) is 0 Å². The fraction of sp³-hybridized carbons (Fsp3) is 0.240. The van der Waals surface area contributed by atoms with Crippen molar-refractivity contribution in [3.8, 4) is 17.0 Å². The number of hydrogen-bond donors (Lipinski definition) is 3. The molecule has 0 bridgehead atoms. The van der Waals surface area contributed by atoms with Crippen LogP contribution in [-0.4, -0.2) is 39.2 Å². The molecule has 8 nitrogen and oxygen atoms in total. The zero-order chi connectivity index (χ0) is 23.0. The number of carbonyl (C=O) groups excluding carboxylic acids is 1. The van der Waals surface area contributed by atoms with E-state index in [1.54, 1.807) is 11.8 Å². The van der Waals surface area contributed by atoms with Crippen LogP contribution in [0.25, 0.3) is 22.3 Å². The van der Waals surface area contributed by atoms with Gasteiger partial charge in [0.2, 0.25) is 5.91 Å². The lowest BCUT2D eigenvalue weighted by Gasteiger charge is -2.22. The van der Waals surface area contributed by atoms with E-state index in [2.05, 4.69) is 45.0 Å². The summed E-state index contributed by atoms with van der Waals surface area (Å²) in [7, 11) is 0. The summed E-state index contributed by atoms with van der Waals surface area (Å²) in [4.78, 5) is 25.6. The summed E-state index contributed by atoms with van der Waals surface area (Å²) in [5.74, 6) is 1.26. The molecule has 1 amide bonds. The summed E-state index contributed by atoms with van der Waals surface area (Å²) >= 11 is 0. The van der Waals surface area contributed by atoms with E-state index in [9.17, 15) is 4.79 Å². The minimum absolute atomic E-state index is 0.282. The molecular formula is C25H27N5O3. The Morgan fingerprint density at radius 1 is 1.09 bits per heavy atom. The molecule has 0 spiro atoms. The van der Waals surface area contributed by atoms with Crippen LogP contribution in [0.5, 0.6) is 5.75 Å². The van der Waals surface area contributed by atoms with E-state index in [1.165, 1.54) is 0 Å². The molecule has 0 radical (unpaired) electrons. The van der Waals surface area contributed by atoms with Crippen molar-refractivity contribution in [3.63, 3.8) is 0 Å². The number of para-hydroxylation sites is 1. The number of carbonyl (C=O) groups is 1. The number of unbranched alkanes of at least 4 members (excludes halogenated alkanes) is 1. The van der Waals surface area contributed by atoms with Gasteiger partial charge in [-0.1, -0.05) is 18.2 Å². The van der Waals surface area contributed by atoms with E-state index < -0.39 is 0 Å². The highest BCUT2D eigenvalue weighted by Crippen LogP contribution is 2.32. The minimum atomic E-state index is -0.378. The number of fused-ring (bicyclic) bond motifs is 1. The van der Waals surface area contributed by atoms with Crippen LogP contribution in [0, 0.1) is 0 Å². The summed E-state index contributed by atoms with van der Waals surface area (Å²) in [5.41, 5.74) is 5.48. The van der Waals surface area contributed by atoms with E-state index in [0.29, 0.717) is 13.0 Å². The first kappa shape index (κ1) is 22.3. The van der Waals surface area contributed by atoms with Gasteiger partial charge in [-0.05, 0) is 67.8 Å². The molecule has 0 saturated heterocycles. The van der Waals surface area contributed by atoms with E-state index in [-0.39, 0.29) is 12.3 Å². The molecule has 33 heavy (non-hydrogen) atoms. The van der Waals surface area contributed by atoms with Crippen molar-refractivity contribution in [1.29, 1.82) is 0 Å². The van der Waals surface area contributed by atoms with Gasteiger partial charge in [0.05, 0.1) is 12.0 Å². The van der Waals surface area contributed by atoms with Gasteiger partial charge in [-0.15, -0.1) is 0 Å². The molecule has 170 valence electrons. The van der Waals surface area contributed by atoms with Crippen molar-refractivity contribution < 1.29 is 14.7 Å². The Morgan fingerprint density at radius 3 is 2.61 bits per heavy atom. The van der Waals surface area contributed by atoms with Crippen LogP contribution in [0.4, 0.5) is 11.5 Å². The van der Waals surface area contributed by atoms with E-state index in [1.807, 2.05) is 42.5 Å². The molecule has 0 fully saturated rings. The van der Waals surface area contributed by atoms with E-state index >= 15 is 0 Å². The Kier molecular flexibility index (Phi) is 7.16. The molecule has 2 aromatic heterocycles. The van der Waals surface area contributed by atoms with Crippen LogP contribution in [0.15, 0.2) is 67.0 Å². The Morgan fingerprint density at radius 2 is 1.88 bits per heavy atom. The molecule has 0 unspecified atom stereocenters. The highest BCUT2D eigenvalue weighted by atomic mass is 16.5. The number of nitrogens with zero attached hydrogens (tertiary/aromatic N) is 3. The van der Waals surface area contributed by atoms with Gasteiger partial charge in [-0.3, -0.25) is 10.0 Å². The number of ether oxygens (including phenoxy) is 1. The van der Waals surface area contributed by atoms with Gasteiger partial charge in [0.1, 0.15) is 23.5 Å². The van der Waals surface area contributed by atoms with Gasteiger partial charge in [0.15, 0.2) is 0 Å². The summed E-state index contributed by atoms with van der Waals surface area (Å²) < 4.78 is 5.75. The SMILES string of the molecule is CCN(c1ccccc1)c1ncnc2[nH]c(-c3ccc(OCCCCC(=O)NO)cc3)cc12. The van der Waals surface area contributed by atoms with Crippen molar-refractivity contribution in [3.05, 3.63) is 67.0 Å². The number of hydrogen-bond acceptors (Lipinski definition) is 6. The lowest BCUT2D eigenvalue weighted by Crippen LogP contribution is -2.18. The normalized spacial score (nSPS) is 10.8. The maximum Gasteiger partial charge on any atom is 0.243 e. The van der Waals surface area contributed by atoms with Crippen LogP contribution in [0.3, 0.4) is 0 Å². The topological polar surface area (TPSA) is 103 Å². The molecule has 0 aliphatic carbocycles. The van der Waals surface area contributed by atoms with Crippen LogP contribution in [0.2, 0.25) is 0 Å². The highest BCUT2D eigenvalue weighted by molar-refractivity contribution is 5.93. The van der Waals surface area contributed by atoms with Crippen molar-refractivity contribution in [1.82, 2.24) is 20.4 Å². The van der Waals surface area contributed by atoms with Crippen molar-refractivity contribution in [2.24, 2.45) is 0 Å². The Labute approximate surface area is 192 Å². The van der Waals surface area contributed by atoms with Gasteiger partial charge < -0.3 is 14.6 Å². The van der Waals surface area contributed by atoms with Gasteiger partial charge in [-0.2, -0.15) is 0 Å². The molecule has 4 aromatic rings. The summed E-state index contributed by atoms with van der Waals surface area (Å²) in [5, 5.41) is 9.46. The lowest BCUT2D eigenvalue weighted by molar-refractivity contribution is -0.129. The monoisotopic (exact) mass is 445 g/mol. The van der Waals surface area contributed by atoms with Crippen molar-refractivity contribution in [2.75, 3.05) is 18.1 Å². The zero-order valence-electron chi connectivity index (χ0n) is 18.5. The second kappa shape index (κ2) is 10.6.